The molecule has 6 aliphatic rings. The molecule has 5 saturated heterocycles. The lowest BCUT2D eigenvalue weighted by Gasteiger charge is -2.43. The minimum Gasteiger partial charge on any atom is -0.371 e. The number of carbonyl (C=O) groups excluding carboxylic acids is 5. The van der Waals surface area contributed by atoms with Crippen molar-refractivity contribution in [2.24, 2.45) is 5.41 Å². The van der Waals surface area contributed by atoms with Crippen LogP contribution in [0.25, 0.3) is 0 Å². The van der Waals surface area contributed by atoms with E-state index < -0.39 is 29.7 Å². The van der Waals surface area contributed by atoms with E-state index in [0.717, 1.165) is 100 Å². The second-order valence-electron chi connectivity index (χ2n) is 16.9. The van der Waals surface area contributed by atoms with Crippen LogP contribution in [0.2, 0.25) is 5.02 Å². The Morgan fingerprint density at radius 3 is 2.25 bits per heavy atom. The number of imide groups is 2. The molecule has 2 aromatic carbocycles. The van der Waals surface area contributed by atoms with Crippen molar-refractivity contribution in [3.05, 3.63) is 76.2 Å². The fourth-order valence-electron chi connectivity index (χ4n) is 10.2. The van der Waals surface area contributed by atoms with Crippen LogP contribution in [-0.2, 0) is 9.59 Å². The van der Waals surface area contributed by atoms with Gasteiger partial charge in [-0.1, -0.05) is 11.6 Å². The van der Waals surface area contributed by atoms with E-state index in [1.54, 1.807) is 30.6 Å². The van der Waals surface area contributed by atoms with Crippen LogP contribution in [-0.4, -0.2) is 131 Å². The number of nitrogens with one attached hydrogen (secondary N) is 1. The van der Waals surface area contributed by atoms with E-state index in [4.69, 9.17) is 16.6 Å². The normalized spacial score (nSPS) is 23.8. The molecule has 5 fully saturated rings. The number of nitrogens with zero attached hydrogens (tertiary/aromatic N) is 9. The molecular formula is C43H47ClN10O5. The summed E-state index contributed by atoms with van der Waals surface area (Å²) in [5.41, 5.74) is 3.56. The maximum atomic E-state index is 13.5. The zero-order valence-corrected chi connectivity index (χ0v) is 33.9. The van der Waals surface area contributed by atoms with Crippen LogP contribution in [0.1, 0.15) is 88.6 Å². The van der Waals surface area contributed by atoms with E-state index in [2.05, 4.69) is 42.9 Å². The van der Waals surface area contributed by atoms with Crippen molar-refractivity contribution in [3.63, 3.8) is 0 Å². The summed E-state index contributed by atoms with van der Waals surface area (Å²) in [5.74, 6) is -1.32. The number of aromatic nitrogens is 2. The fraction of sp³-hybridized carbons (Fsp3) is 0.488. The maximum Gasteiger partial charge on any atom is 0.274 e. The molecule has 9 rings (SSSR count). The summed E-state index contributed by atoms with van der Waals surface area (Å²) in [7, 11) is 0. The van der Waals surface area contributed by atoms with Crippen LogP contribution in [0.3, 0.4) is 0 Å². The Bertz CT molecular complexity index is 2240. The zero-order valence-electron chi connectivity index (χ0n) is 33.1. The molecule has 15 nitrogen and oxygen atoms in total. The van der Waals surface area contributed by atoms with Gasteiger partial charge in [0.2, 0.25) is 11.8 Å². The molecule has 5 amide bonds. The average molecular weight is 819 g/mol. The number of halogens is 1. The SMILES string of the molecule is C[C@H]1CC2(CCN(c3cnc(C(=O)N4CCN(C5CCN(c6ccc7c(c6)C(=O)N(C6CCC(=O)NC6=O)C7=O)CC5)CC4)cn3)CC2)CN1c1ccc(C#N)c(Cl)c1. The lowest BCUT2D eigenvalue weighted by molar-refractivity contribution is -0.136. The third-order valence-corrected chi connectivity index (χ3v) is 13.9. The van der Waals surface area contributed by atoms with Gasteiger partial charge in [0, 0.05) is 88.8 Å². The maximum absolute atomic E-state index is 13.5. The van der Waals surface area contributed by atoms with Gasteiger partial charge in [-0.15, -0.1) is 0 Å². The number of hydrogen-bond donors (Lipinski definition) is 1. The minimum absolute atomic E-state index is 0.0832. The first-order chi connectivity index (χ1) is 28.5. The van der Waals surface area contributed by atoms with Crippen molar-refractivity contribution < 1.29 is 24.0 Å². The Hall–Kier alpha value is -5.59. The monoisotopic (exact) mass is 818 g/mol. The number of piperazine rings is 1. The lowest BCUT2D eigenvalue weighted by Crippen LogP contribution is -2.54. The number of hydrogen-bond acceptors (Lipinski definition) is 12. The van der Waals surface area contributed by atoms with Gasteiger partial charge in [-0.3, -0.25) is 39.1 Å². The Balaban J connectivity index is 0.736. The molecule has 6 aliphatic heterocycles. The summed E-state index contributed by atoms with van der Waals surface area (Å²) in [4.78, 5) is 85.6. The first-order valence-corrected chi connectivity index (χ1v) is 21.1. The Morgan fingerprint density at radius 1 is 0.847 bits per heavy atom. The van der Waals surface area contributed by atoms with Crippen LogP contribution in [0.15, 0.2) is 48.8 Å². The van der Waals surface area contributed by atoms with Crippen LogP contribution >= 0.6 is 11.6 Å². The number of piperidine rings is 3. The smallest absolute Gasteiger partial charge is 0.274 e. The Kier molecular flexibility index (Phi) is 10.2. The second kappa shape index (κ2) is 15.5. The molecule has 2 atom stereocenters. The van der Waals surface area contributed by atoms with Crippen molar-refractivity contribution in [1.29, 1.82) is 5.26 Å². The molecule has 16 heteroatoms. The number of amides is 5. The van der Waals surface area contributed by atoms with E-state index in [-0.39, 0.29) is 29.7 Å². The van der Waals surface area contributed by atoms with E-state index in [0.29, 0.717) is 47.0 Å². The Morgan fingerprint density at radius 2 is 1.58 bits per heavy atom. The van der Waals surface area contributed by atoms with Gasteiger partial charge < -0.3 is 19.6 Å². The summed E-state index contributed by atoms with van der Waals surface area (Å²) in [6, 6.07) is 12.9. The highest BCUT2D eigenvalue weighted by Gasteiger charge is 2.46. The van der Waals surface area contributed by atoms with Crippen molar-refractivity contribution >= 4 is 58.3 Å². The van der Waals surface area contributed by atoms with E-state index in [1.807, 2.05) is 23.1 Å². The molecule has 0 aliphatic carbocycles. The summed E-state index contributed by atoms with van der Waals surface area (Å²) in [6.07, 6.45) is 8.58. The van der Waals surface area contributed by atoms with Gasteiger partial charge in [0.25, 0.3) is 17.7 Å². The predicted octanol–water partition coefficient (Wildman–Crippen LogP) is 3.72. The molecule has 1 aromatic heterocycles. The predicted molar refractivity (Wildman–Crippen MR) is 219 cm³/mol. The third kappa shape index (κ3) is 7.26. The van der Waals surface area contributed by atoms with E-state index >= 15 is 0 Å². The average Bonchev–Trinajstić information content (AvgIpc) is 3.71. The van der Waals surface area contributed by atoms with Gasteiger partial charge in [0.05, 0.1) is 34.1 Å². The molecular weight excluding hydrogens is 772 g/mol. The Labute approximate surface area is 347 Å². The minimum atomic E-state index is -0.985. The van der Waals surface area contributed by atoms with Crippen molar-refractivity contribution in [1.82, 2.24) is 30.0 Å². The quantitative estimate of drug-likeness (QED) is 0.359. The van der Waals surface area contributed by atoms with Crippen LogP contribution in [0.5, 0.6) is 0 Å². The molecule has 1 N–H and O–H groups in total. The number of fused-ring (bicyclic) bond motifs is 1. The van der Waals surface area contributed by atoms with Crippen LogP contribution in [0, 0.1) is 16.7 Å². The number of carbonyl (C=O) groups is 5. The molecule has 0 radical (unpaired) electrons. The van der Waals surface area contributed by atoms with Crippen LogP contribution < -0.4 is 20.0 Å². The molecule has 3 aromatic rings. The highest BCUT2D eigenvalue weighted by atomic mass is 35.5. The topological polar surface area (TPSA) is 166 Å². The van der Waals surface area contributed by atoms with E-state index in [1.165, 1.54) is 0 Å². The molecule has 7 heterocycles. The second-order valence-corrected chi connectivity index (χ2v) is 17.3. The lowest BCUT2D eigenvalue weighted by atomic mass is 9.77. The fourth-order valence-corrected chi connectivity index (χ4v) is 10.4. The number of benzene rings is 2. The number of anilines is 3. The van der Waals surface area contributed by atoms with Gasteiger partial charge in [-0.2, -0.15) is 5.26 Å². The van der Waals surface area contributed by atoms with Gasteiger partial charge in [0.15, 0.2) is 0 Å². The third-order valence-electron chi connectivity index (χ3n) is 13.5. The number of rotatable bonds is 6. The van der Waals surface area contributed by atoms with Gasteiger partial charge in [0.1, 0.15) is 23.6 Å². The molecule has 0 saturated carbocycles. The molecule has 59 heavy (non-hydrogen) atoms. The summed E-state index contributed by atoms with van der Waals surface area (Å²) in [6.45, 7) is 9.31. The van der Waals surface area contributed by atoms with Gasteiger partial charge >= 0.3 is 0 Å². The standard InChI is InChI=1S/C43H47ClN10O5/c1-27-22-43(26-53(27)31-3-2-28(23-45)34(44)21-31)10-14-51(15-11-43)37-25-46-35(24-47-37)42(59)52-18-16-50(17-19-52)29-8-12-49(13-9-29)30-4-5-32-33(20-30)41(58)54(40(32)57)36-6-7-38(55)48-39(36)56/h2-5,20-21,24-25,27,29,36H,6-19,22,26H2,1H3,(H,48,55,56)/t27-,36?/m0/s1. The largest absolute Gasteiger partial charge is 0.371 e. The molecule has 1 unspecified atom stereocenters. The number of nitriles is 1. The van der Waals surface area contributed by atoms with E-state index in [9.17, 15) is 29.2 Å². The molecule has 1 spiro atoms. The van der Waals surface area contributed by atoms with Crippen molar-refractivity contribution in [3.8, 4) is 6.07 Å². The highest BCUT2D eigenvalue weighted by Crippen LogP contribution is 2.46. The first-order valence-electron chi connectivity index (χ1n) is 20.7. The molecule has 0 bridgehead atoms. The zero-order chi connectivity index (χ0) is 41.0. The molecule has 306 valence electrons. The summed E-state index contributed by atoms with van der Waals surface area (Å²) >= 11 is 6.37. The summed E-state index contributed by atoms with van der Waals surface area (Å²) in [5, 5.41) is 12.0. The van der Waals surface area contributed by atoms with Crippen LogP contribution in [0.4, 0.5) is 17.2 Å². The van der Waals surface area contributed by atoms with Crippen molar-refractivity contribution in [2.45, 2.75) is 70.0 Å². The first kappa shape index (κ1) is 38.9. The van der Waals surface area contributed by atoms with Gasteiger partial charge in [-0.25, -0.2) is 9.97 Å². The summed E-state index contributed by atoms with van der Waals surface area (Å²) < 4.78 is 0. The van der Waals surface area contributed by atoms with Gasteiger partial charge in [-0.05, 0) is 87.3 Å². The highest BCUT2D eigenvalue weighted by molar-refractivity contribution is 6.32. The van der Waals surface area contributed by atoms with Crippen molar-refractivity contribution in [2.75, 3.05) is 73.6 Å².